The molecule has 1 aromatic carbocycles. The molecule has 0 saturated heterocycles. The minimum Gasteiger partial charge on any atom is -0.422 e. The summed E-state index contributed by atoms with van der Waals surface area (Å²) in [6, 6.07) is 6.80. The number of aromatic nitrogens is 2. The molecule has 2 rings (SSSR count). The molecule has 0 atom stereocenters. The summed E-state index contributed by atoms with van der Waals surface area (Å²) in [5.74, 6) is -0.526. The van der Waals surface area contributed by atoms with E-state index in [1.165, 1.54) is 18.7 Å². The topological polar surface area (TPSA) is 87.3 Å². The maximum atomic E-state index is 12.0. The van der Waals surface area contributed by atoms with Crippen molar-refractivity contribution >= 4 is 11.7 Å². The zero-order valence-electron chi connectivity index (χ0n) is 11.3. The first kappa shape index (κ1) is 13.7. The van der Waals surface area contributed by atoms with Gasteiger partial charge in [-0.2, -0.15) is 5.10 Å². The highest BCUT2D eigenvalue weighted by Gasteiger charge is 2.30. The standard InChI is InChI=1S/C13H13N3O4/c1-8-4-6-10(7-5-8)20-13(17)11-12(16(18)19)9(2)15(3)14-11/h4-7H,1-3H3. The Hall–Kier alpha value is -2.70. The highest BCUT2D eigenvalue weighted by atomic mass is 16.6. The average Bonchev–Trinajstić information content (AvgIpc) is 2.69. The van der Waals surface area contributed by atoms with Gasteiger partial charge < -0.3 is 4.74 Å². The fourth-order valence-corrected chi connectivity index (χ4v) is 1.71. The summed E-state index contributed by atoms with van der Waals surface area (Å²) in [4.78, 5) is 22.4. The predicted octanol–water partition coefficient (Wildman–Crippen LogP) is 2.16. The number of nitro groups is 1. The summed E-state index contributed by atoms with van der Waals surface area (Å²) in [5, 5.41) is 14.8. The van der Waals surface area contributed by atoms with Gasteiger partial charge in [-0.3, -0.25) is 14.8 Å². The first-order valence-electron chi connectivity index (χ1n) is 5.87. The molecular weight excluding hydrogens is 262 g/mol. The number of esters is 1. The molecular formula is C13H13N3O4. The number of ether oxygens (including phenoxy) is 1. The largest absolute Gasteiger partial charge is 0.422 e. The van der Waals surface area contributed by atoms with Crippen LogP contribution < -0.4 is 4.74 Å². The number of rotatable bonds is 3. The molecule has 0 spiro atoms. The summed E-state index contributed by atoms with van der Waals surface area (Å²) in [6.07, 6.45) is 0. The van der Waals surface area contributed by atoms with E-state index in [0.29, 0.717) is 11.4 Å². The zero-order valence-corrected chi connectivity index (χ0v) is 11.3. The SMILES string of the molecule is Cc1ccc(OC(=O)c2nn(C)c(C)c2[N+](=O)[O-])cc1. The Balaban J connectivity index is 2.32. The van der Waals surface area contributed by atoms with Crippen LogP contribution in [0.1, 0.15) is 21.7 Å². The molecule has 0 aliphatic heterocycles. The van der Waals surface area contributed by atoms with Gasteiger partial charge in [-0.05, 0) is 26.0 Å². The maximum Gasteiger partial charge on any atom is 0.371 e. The lowest BCUT2D eigenvalue weighted by atomic mass is 10.2. The van der Waals surface area contributed by atoms with Gasteiger partial charge in [0.15, 0.2) is 0 Å². The van der Waals surface area contributed by atoms with E-state index in [2.05, 4.69) is 5.10 Å². The van der Waals surface area contributed by atoms with Gasteiger partial charge >= 0.3 is 11.7 Å². The van der Waals surface area contributed by atoms with Crippen LogP contribution in [0.25, 0.3) is 0 Å². The molecule has 0 aliphatic carbocycles. The first-order chi connectivity index (χ1) is 9.40. The van der Waals surface area contributed by atoms with Crippen LogP contribution in [0.2, 0.25) is 0 Å². The van der Waals surface area contributed by atoms with E-state index in [0.717, 1.165) is 5.56 Å². The zero-order chi connectivity index (χ0) is 14.9. The van der Waals surface area contributed by atoms with Gasteiger partial charge in [-0.1, -0.05) is 17.7 Å². The number of hydrogen-bond acceptors (Lipinski definition) is 5. The van der Waals surface area contributed by atoms with Gasteiger partial charge in [0, 0.05) is 7.05 Å². The van der Waals surface area contributed by atoms with Crippen LogP contribution in [0.3, 0.4) is 0 Å². The number of nitrogens with zero attached hydrogens (tertiary/aromatic N) is 3. The molecule has 0 bridgehead atoms. The number of hydrogen-bond donors (Lipinski definition) is 0. The molecule has 2 aromatic rings. The minimum absolute atomic E-state index is 0.296. The normalized spacial score (nSPS) is 10.3. The van der Waals surface area contributed by atoms with Gasteiger partial charge in [-0.15, -0.1) is 0 Å². The molecule has 0 radical (unpaired) electrons. The minimum atomic E-state index is -0.843. The lowest BCUT2D eigenvalue weighted by Gasteiger charge is -2.02. The second-order valence-corrected chi connectivity index (χ2v) is 4.37. The Morgan fingerprint density at radius 3 is 2.45 bits per heavy atom. The van der Waals surface area contributed by atoms with Crippen LogP contribution in [-0.2, 0) is 7.05 Å². The van der Waals surface area contributed by atoms with Gasteiger partial charge in [0.2, 0.25) is 5.69 Å². The molecule has 1 aromatic heterocycles. The maximum absolute atomic E-state index is 12.0. The summed E-state index contributed by atoms with van der Waals surface area (Å²) < 4.78 is 6.38. The molecule has 104 valence electrons. The van der Waals surface area contributed by atoms with Crippen molar-refractivity contribution in [3.05, 3.63) is 51.3 Å². The van der Waals surface area contributed by atoms with Crippen molar-refractivity contribution in [1.29, 1.82) is 0 Å². The van der Waals surface area contributed by atoms with Crippen molar-refractivity contribution in [3.63, 3.8) is 0 Å². The van der Waals surface area contributed by atoms with Crippen molar-refractivity contribution < 1.29 is 14.5 Å². The average molecular weight is 275 g/mol. The van der Waals surface area contributed by atoms with E-state index in [9.17, 15) is 14.9 Å². The Morgan fingerprint density at radius 1 is 1.30 bits per heavy atom. The molecule has 7 heteroatoms. The second-order valence-electron chi connectivity index (χ2n) is 4.37. The fourth-order valence-electron chi connectivity index (χ4n) is 1.71. The fraction of sp³-hybridized carbons (Fsp3) is 0.231. The Labute approximate surface area is 114 Å². The van der Waals surface area contributed by atoms with Gasteiger partial charge in [-0.25, -0.2) is 4.79 Å². The third-order valence-corrected chi connectivity index (χ3v) is 2.91. The molecule has 0 unspecified atom stereocenters. The Kier molecular flexibility index (Phi) is 3.51. The molecule has 0 fully saturated rings. The molecule has 0 aliphatic rings. The van der Waals surface area contributed by atoms with E-state index in [-0.39, 0.29) is 11.4 Å². The van der Waals surface area contributed by atoms with E-state index in [1.54, 1.807) is 24.3 Å². The number of carbonyl (C=O) groups is 1. The van der Waals surface area contributed by atoms with E-state index in [4.69, 9.17) is 4.74 Å². The molecule has 20 heavy (non-hydrogen) atoms. The van der Waals surface area contributed by atoms with Crippen molar-refractivity contribution in [1.82, 2.24) is 9.78 Å². The highest BCUT2D eigenvalue weighted by Crippen LogP contribution is 2.23. The predicted molar refractivity (Wildman–Crippen MR) is 70.7 cm³/mol. The van der Waals surface area contributed by atoms with Crippen LogP contribution in [-0.4, -0.2) is 20.7 Å². The van der Waals surface area contributed by atoms with Crippen LogP contribution in [0, 0.1) is 24.0 Å². The lowest BCUT2D eigenvalue weighted by Crippen LogP contribution is -2.11. The van der Waals surface area contributed by atoms with Gasteiger partial charge in [0.05, 0.1) is 4.92 Å². The molecule has 0 saturated carbocycles. The van der Waals surface area contributed by atoms with Crippen LogP contribution >= 0.6 is 0 Å². The summed E-state index contributed by atoms with van der Waals surface area (Å²) in [6.45, 7) is 3.42. The number of aryl methyl sites for hydroxylation is 2. The third-order valence-electron chi connectivity index (χ3n) is 2.91. The summed E-state index contributed by atoms with van der Waals surface area (Å²) in [7, 11) is 1.53. The van der Waals surface area contributed by atoms with Crippen molar-refractivity contribution in [2.75, 3.05) is 0 Å². The summed E-state index contributed by atoms with van der Waals surface area (Å²) in [5.41, 5.74) is 0.690. The second kappa shape index (κ2) is 5.12. The Morgan fingerprint density at radius 2 is 1.90 bits per heavy atom. The Bertz CT molecular complexity index is 674. The number of benzene rings is 1. The van der Waals surface area contributed by atoms with E-state index < -0.39 is 10.9 Å². The number of carbonyl (C=O) groups excluding carboxylic acids is 1. The van der Waals surface area contributed by atoms with Gasteiger partial charge in [0.1, 0.15) is 11.4 Å². The lowest BCUT2D eigenvalue weighted by molar-refractivity contribution is -0.385. The summed E-state index contributed by atoms with van der Waals surface area (Å²) >= 11 is 0. The van der Waals surface area contributed by atoms with Crippen LogP contribution in [0.5, 0.6) is 5.75 Å². The monoisotopic (exact) mass is 275 g/mol. The quantitative estimate of drug-likeness (QED) is 0.371. The van der Waals surface area contributed by atoms with Crippen LogP contribution in [0.15, 0.2) is 24.3 Å². The van der Waals surface area contributed by atoms with Gasteiger partial charge in [0.25, 0.3) is 0 Å². The van der Waals surface area contributed by atoms with Crippen molar-refractivity contribution in [2.45, 2.75) is 13.8 Å². The highest BCUT2D eigenvalue weighted by molar-refractivity contribution is 5.93. The van der Waals surface area contributed by atoms with Crippen molar-refractivity contribution in [2.24, 2.45) is 7.05 Å². The van der Waals surface area contributed by atoms with E-state index >= 15 is 0 Å². The molecule has 1 heterocycles. The third kappa shape index (κ3) is 2.51. The van der Waals surface area contributed by atoms with Crippen molar-refractivity contribution in [3.8, 4) is 5.75 Å². The molecule has 7 nitrogen and oxygen atoms in total. The van der Waals surface area contributed by atoms with E-state index in [1.807, 2.05) is 6.92 Å². The first-order valence-corrected chi connectivity index (χ1v) is 5.87. The molecule has 0 N–H and O–H groups in total. The smallest absolute Gasteiger partial charge is 0.371 e. The molecule has 0 amide bonds. The van der Waals surface area contributed by atoms with Crippen LogP contribution in [0.4, 0.5) is 5.69 Å².